The van der Waals surface area contributed by atoms with E-state index in [-0.39, 0.29) is 4.75 Å². The van der Waals surface area contributed by atoms with Crippen LogP contribution < -0.4 is 0 Å². The lowest BCUT2D eigenvalue weighted by Crippen LogP contribution is -2.29. The van der Waals surface area contributed by atoms with Gasteiger partial charge in [0.2, 0.25) is 0 Å². The van der Waals surface area contributed by atoms with Crippen LogP contribution in [-0.2, 0) is 0 Å². The fourth-order valence-corrected chi connectivity index (χ4v) is 2.45. The second-order valence-electron chi connectivity index (χ2n) is 3.94. The highest BCUT2D eigenvalue weighted by Crippen LogP contribution is 2.34. The minimum Gasteiger partial charge on any atom is -0.350 e. The van der Waals surface area contributed by atoms with E-state index in [4.69, 9.17) is 5.41 Å². The van der Waals surface area contributed by atoms with Crippen LogP contribution in [-0.4, -0.2) is 27.9 Å². The number of rotatable bonds is 3. The molecule has 70 valence electrons. The van der Waals surface area contributed by atoms with Crippen molar-refractivity contribution in [2.24, 2.45) is 0 Å². The monoisotopic (exact) mass is 186 g/mol. The van der Waals surface area contributed by atoms with Crippen molar-refractivity contribution >= 4 is 16.9 Å². The average Bonchev–Trinajstić information content (AvgIpc) is 2.20. The molecule has 3 heteroatoms. The van der Waals surface area contributed by atoms with Crippen LogP contribution in [0.2, 0.25) is 0 Å². The SMILES string of the molecule is CCCCN1CC(C)(C)SC1=N. The van der Waals surface area contributed by atoms with Crippen molar-refractivity contribution in [1.82, 2.24) is 4.90 Å². The predicted octanol–water partition coefficient (Wildman–Crippen LogP) is 2.55. The van der Waals surface area contributed by atoms with Crippen LogP contribution in [0, 0.1) is 5.41 Å². The number of amidine groups is 1. The average molecular weight is 186 g/mol. The molecule has 1 N–H and O–H groups in total. The lowest BCUT2D eigenvalue weighted by Gasteiger charge is -2.18. The van der Waals surface area contributed by atoms with E-state index in [0.29, 0.717) is 0 Å². The molecule has 0 aromatic rings. The first-order valence-electron chi connectivity index (χ1n) is 4.57. The van der Waals surface area contributed by atoms with Crippen molar-refractivity contribution in [2.45, 2.75) is 38.4 Å². The molecule has 0 saturated carbocycles. The van der Waals surface area contributed by atoms with Gasteiger partial charge in [-0.05, 0) is 20.3 Å². The molecule has 1 rings (SSSR count). The van der Waals surface area contributed by atoms with Crippen molar-refractivity contribution in [2.75, 3.05) is 13.1 Å². The molecular formula is C9H18N2S. The third-order valence-electron chi connectivity index (χ3n) is 2.01. The van der Waals surface area contributed by atoms with Crippen LogP contribution in [0.1, 0.15) is 33.6 Å². The first kappa shape index (κ1) is 9.90. The summed E-state index contributed by atoms with van der Waals surface area (Å²) in [5.41, 5.74) is 0. The lowest BCUT2D eigenvalue weighted by molar-refractivity contribution is 0.395. The molecule has 0 spiro atoms. The standard InChI is InChI=1S/C9H18N2S/c1-4-5-6-11-7-9(2,3)12-8(11)10/h10H,4-7H2,1-3H3. The van der Waals surface area contributed by atoms with Crippen LogP contribution in [0.15, 0.2) is 0 Å². The molecule has 1 saturated heterocycles. The number of hydrogen-bond acceptors (Lipinski definition) is 2. The minimum atomic E-state index is 0.255. The second-order valence-corrected chi connectivity index (χ2v) is 5.64. The number of nitrogens with one attached hydrogen (secondary N) is 1. The summed E-state index contributed by atoms with van der Waals surface area (Å²) >= 11 is 1.69. The molecule has 0 radical (unpaired) electrons. The molecule has 0 bridgehead atoms. The van der Waals surface area contributed by atoms with Gasteiger partial charge >= 0.3 is 0 Å². The Morgan fingerprint density at radius 2 is 2.25 bits per heavy atom. The Balaban J connectivity index is 2.42. The maximum atomic E-state index is 7.73. The lowest BCUT2D eigenvalue weighted by atomic mass is 10.2. The highest BCUT2D eigenvalue weighted by atomic mass is 32.2. The molecule has 2 nitrogen and oxygen atoms in total. The molecule has 0 atom stereocenters. The summed E-state index contributed by atoms with van der Waals surface area (Å²) in [6, 6.07) is 0. The van der Waals surface area contributed by atoms with E-state index in [1.165, 1.54) is 12.8 Å². The Morgan fingerprint density at radius 1 is 1.58 bits per heavy atom. The van der Waals surface area contributed by atoms with E-state index in [1.54, 1.807) is 11.8 Å². The molecule has 1 aliphatic rings. The molecule has 0 aromatic heterocycles. The summed E-state index contributed by atoms with van der Waals surface area (Å²) < 4.78 is 0.255. The Morgan fingerprint density at radius 3 is 2.67 bits per heavy atom. The van der Waals surface area contributed by atoms with Crippen LogP contribution in [0.3, 0.4) is 0 Å². The molecule has 1 fully saturated rings. The Labute approximate surface area is 79.2 Å². The van der Waals surface area contributed by atoms with E-state index in [0.717, 1.165) is 18.3 Å². The molecule has 0 amide bonds. The van der Waals surface area contributed by atoms with Gasteiger partial charge in [-0.2, -0.15) is 0 Å². The quantitative estimate of drug-likeness (QED) is 0.733. The number of hydrogen-bond donors (Lipinski definition) is 1. The smallest absolute Gasteiger partial charge is 0.156 e. The molecule has 1 heterocycles. The third-order valence-corrected chi connectivity index (χ3v) is 3.15. The summed E-state index contributed by atoms with van der Waals surface area (Å²) in [4.78, 5) is 2.19. The van der Waals surface area contributed by atoms with Crippen molar-refractivity contribution in [1.29, 1.82) is 5.41 Å². The fraction of sp³-hybridized carbons (Fsp3) is 0.889. The molecular weight excluding hydrogens is 168 g/mol. The zero-order valence-electron chi connectivity index (χ0n) is 8.18. The summed E-state index contributed by atoms with van der Waals surface area (Å²) in [5, 5.41) is 8.49. The van der Waals surface area contributed by atoms with Crippen LogP contribution in [0.25, 0.3) is 0 Å². The number of unbranched alkanes of at least 4 members (excludes halogenated alkanes) is 1. The number of thioether (sulfide) groups is 1. The van der Waals surface area contributed by atoms with Crippen molar-refractivity contribution in [3.63, 3.8) is 0 Å². The van der Waals surface area contributed by atoms with Gasteiger partial charge in [0.15, 0.2) is 5.17 Å². The van der Waals surface area contributed by atoms with Gasteiger partial charge in [-0.15, -0.1) is 0 Å². The highest BCUT2D eigenvalue weighted by molar-refractivity contribution is 8.15. The van der Waals surface area contributed by atoms with E-state index in [2.05, 4.69) is 25.7 Å². The molecule has 0 aliphatic carbocycles. The normalized spacial score (nSPS) is 21.9. The summed E-state index contributed by atoms with van der Waals surface area (Å²) in [7, 11) is 0. The van der Waals surface area contributed by atoms with E-state index in [1.807, 2.05) is 0 Å². The molecule has 1 aliphatic heterocycles. The summed E-state index contributed by atoms with van der Waals surface area (Å²) in [6.07, 6.45) is 2.42. The largest absolute Gasteiger partial charge is 0.350 e. The zero-order chi connectivity index (χ0) is 9.19. The van der Waals surface area contributed by atoms with Crippen molar-refractivity contribution in [3.8, 4) is 0 Å². The fourth-order valence-electron chi connectivity index (χ4n) is 1.42. The second kappa shape index (κ2) is 3.69. The summed E-state index contributed by atoms with van der Waals surface area (Å²) in [6.45, 7) is 8.70. The van der Waals surface area contributed by atoms with Crippen molar-refractivity contribution < 1.29 is 0 Å². The van der Waals surface area contributed by atoms with Gasteiger partial charge in [0.25, 0.3) is 0 Å². The van der Waals surface area contributed by atoms with E-state index >= 15 is 0 Å². The van der Waals surface area contributed by atoms with Crippen LogP contribution in [0.5, 0.6) is 0 Å². The van der Waals surface area contributed by atoms with Gasteiger partial charge in [-0.1, -0.05) is 25.1 Å². The maximum absolute atomic E-state index is 7.73. The van der Waals surface area contributed by atoms with Gasteiger partial charge in [-0.25, -0.2) is 0 Å². The minimum absolute atomic E-state index is 0.255. The predicted molar refractivity (Wildman–Crippen MR) is 55.9 cm³/mol. The molecule has 0 aromatic carbocycles. The Bertz CT molecular complexity index is 177. The zero-order valence-corrected chi connectivity index (χ0v) is 9.00. The maximum Gasteiger partial charge on any atom is 0.156 e. The molecule has 0 unspecified atom stereocenters. The summed E-state index contributed by atoms with van der Waals surface area (Å²) in [5.74, 6) is 0. The highest BCUT2D eigenvalue weighted by Gasteiger charge is 2.33. The van der Waals surface area contributed by atoms with E-state index in [9.17, 15) is 0 Å². The van der Waals surface area contributed by atoms with Crippen LogP contribution in [0.4, 0.5) is 0 Å². The van der Waals surface area contributed by atoms with Gasteiger partial charge < -0.3 is 4.90 Å². The third kappa shape index (κ3) is 2.41. The number of nitrogens with zero attached hydrogens (tertiary/aromatic N) is 1. The van der Waals surface area contributed by atoms with E-state index < -0.39 is 0 Å². The van der Waals surface area contributed by atoms with Gasteiger partial charge in [0.1, 0.15) is 0 Å². The van der Waals surface area contributed by atoms with Gasteiger partial charge in [-0.3, -0.25) is 5.41 Å². The topological polar surface area (TPSA) is 27.1 Å². The van der Waals surface area contributed by atoms with Gasteiger partial charge in [0.05, 0.1) is 0 Å². The first-order valence-corrected chi connectivity index (χ1v) is 5.39. The van der Waals surface area contributed by atoms with Crippen molar-refractivity contribution in [3.05, 3.63) is 0 Å². The first-order chi connectivity index (χ1) is 5.55. The van der Waals surface area contributed by atoms with Crippen LogP contribution >= 0.6 is 11.8 Å². The van der Waals surface area contributed by atoms with Gasteiger partial charge in [0, 0.05) is 17.8 Å². The molecule has 12 heavy (non-hydrogen) atoms. The Kier molecular flexibility index (Phi) is 3.04. The Hall–Kier alpha value is -0.180.